The maximum absolute atomic E-state index is 13.2. The zero-order chi connectivity index (χ0) is 16.3. The van der Waals surface area contributed by atoms with Crippen LogP contribution in [0.3, 0.4) is 0 Å². The summed E-state index contributed by atoms with van der Waals surface area (Å²) < 4.78 is 27.8. The summed E-state index contributed by atoms with van der Waals surface area (Å²) in [5.74, 6) is -0.891. The summed E-state index contributed by atoms with van der Waals surface area (Å²) in [5, 5.41) is 5.89. The topological polar surface area (TPSA) is 60.9 Å². The van der Waals surface area contributed by atoms with Gasteiger partial charge in [-0.25, -0.2) is 8.78 Å². The molecule has 1 heterocycles. The van der Waals surface area contributed by atoms with Gasteiger partial charge in [-0.1, -0.05) is 30.4 Å². The van der Waals surface area contributed by atoms with Crippen molar-refractivity contribution >= 4 is 17.1 Å². The molecule has 23 heavy (non-hydrogen) atoms. The Morgan fingerprint density at radius 3 is 2.74 bits per heavy atom. The number of allylic oxidation sites excluding steroid dienone is 2. The molecule has 1 aromatic heterocycles. The summed E-state index contributed by atoms with van der Waals surface area (Å²) in [7, 11) is 1.55. The van der Waals surface area contributed by atoms with Crippen LogP contribution in [0.1, 0.15) is 28.9 Å². The Morgan fingerprint density at radius 2 is 2.04 bits per heavy atom. The number of halogens is 2. The van der Waals surface area contributed by atoms with E-state index in [0.29, 0.717) is 11.3 Å². The number of hydrogen-bond donors (Lipinski definition) is 1. The Bertz CT molecular complexity index is 1020. The Labute approximate surface area is 130 Å². The molecule has 2 aromatic rings. The third-order valence-electron chi connectivity index (χ3n) is 4.38. The molecule has 2 aliphatic carbocycles. The number of nitrogens with two attached hydrogens (primary N) is 1. The molecule has 0 saturated carbocycles. The molecule has 6 heteroatoms. The lowest BCUT2D eigenvalue weighted by atomic mass is 9.99. The number of hydrogen-bond acceptors (Lipinski definition) is 2. The quantitative estimate of drug-likeness (QED) is 0.931. The normalized spacial score (nSPS) is 15.0. The van der Waals surface area contributed by atoms with Crippen molar-refractivity contribution < 1.29 is 13.6 Å². The first-order chi connectivity index (χ1) is 11.0. The lowest BCUT2D eigenvalue weighted by molar-refractivity contribution is 0.0985. The minimum Gasteiger partial charge on any atom is -0.365 e. The lowest BCUT2D eigenvalue weighted by Crippen LogP contribution is -2.28. The van der Waals surface area contributed by atoms with Gasteiger partial charge in [0.2, 0.25) is 0 Å². The van der Waals surface area contributed by atoms with Gasteiger partial charge in [0.05, 0.1) is 11.3 Å². The molecule has 0 fully saturated rings. The number of rotatable bonds is 3. The molecule has 0 spiro atoms. The van der Waals surface area contributed by atoms with E-state index < -0.39 is 18.0 Å². The van der Waals surface area contributed by atoms with Gasteiger partial charge >= 0.3 is 0 Å². The molecule has 0 unspecified atom stereocenters. The van der Waals surface area contributed by atoms with Crippen molar-refractivity contribution in [3.05, 3.63) is 52.0 Å². The summed E-state index contributed by atoms with van der Waals surface area (Å²) >= 11 is 0. The fourth-order valence-corrected chi connectivity index (χ4v) is 3.49. The predicted octanol–water partition coefficient (Wildman–Crippen LogP) is 1.40. The van der Waals surface area contributed by atoms with Gasteiger partial charge in [0.25, 0.3) is 12.3 Å². The van der Waals surface area contributed by atoms with E-state index in [4.69, 9.17) is 5.73 Å². The highest BCUT2D eigenvalue weighted by Gasteiger charge is 2.29. The molecule has 4 nitrogen and oxygen atoms in total. The number of amides is 1. The molecule has 4 rings (SSSR count). The standard InChI is InChI=1S/C17H13F2N3O/c1-22-15(13(17(20)23)14(21-22)16(18)19)11-4-2-3-10-8-5-6-9(7-8)12(10)11/h2-6,16H,7H2,1H3,(H2,20,23). The average molecular weight is 313 g/mol. The molecule has 1 aromatic carbocycles. The van der Waals surface area contributed by atoms with Crippen LogP contribution in [0.2, 0.25) is 0 Å². The fourth-order valence-electron chi connectivity index (χ4n) is 3.49. The van der Waals surface area contributed by atoms with Gasteiger partial charge in [-0.2, -0.15) is 5.10 Å². The second kappa shape index (κ2) is 4.62. The van der Waals surface area contributed by atoms with Crippen molar-refractivity contribution in [1.29, 1.82) is 0 Å². The second-order valence-electron chi connectivity index (χ2n) is 5.69. The van der Waals surface area contributed by atoms with Gasteiger partial charge in [0.1, 0.15) is 5.69 Å². The Hall–Kier alpha value is -2.76. The van der Waals surface area contributed by atoms with Crippen molar-refractivity contribution in [2.45, 2.75) is 12.8 Å². The van der Waals surface area contributed by atoms with Crippen molar-refractivity contribution in [1.82, 2.24) is 9.78 Å². The Kier molecular flexibility index (Phi) is 2.78. The summed E-state index contributed by atoms with van der Waals surface area (Å²) in [6.45, 7) is 0. The molecule has 2 N–H and O–H groups in total. The second-order valence-corrected chi connectivity index (χ2v) is 5.69. The minimum atomic E-state index is -2.85. The number of benzene rings is 1. The van der Waals surface area contributed by atoms with Crippen LogP contribution in [-0.4, -0.2) is 15.7 Å². The van der Waals surface area contributed by atoms with Crippen LogP contribution >= 0.6 is 0 Å². The third kappa shape index (κ3) is 1.81. The molecular weight excluding hydrogens is 300 g/mol. The van der Waals surface area contributed by atoms with Crippen LogP contribution < -0.4 is 16.2 Å². The van der Waals surface area contributed by atoms with E-state index in [1.807, 2.05) is 24.3 Å². The van der Waals surface area contributed by atoms with Gasteiger partial charge in [-0.15, -0.1) is 0 Å². The number of aromatic nitrogens is 2. The molecule has 0 radical (unpaired) electrons. The summed E-state index contributed by atoms with van der Waals surface area (Å²) in [6, 6.07) is 5.68. The molecular formula is C17H13F2N3O. The molecule has 2 aliphatic rings. The highest BCUT2D eigenvalue weighted by atomic mass is 19.3. The number of fused-ring (bicyclic) bond motifs is 3. The summed E-state index contributed by atoms with van der Waals surface area (Å²) in [5.41, 5.74) is 8.00. The molecule has 2 bridgehead atoms. The first kappa shape index (κ1) is 13.9. The van der Waals surface area contributed by atoms with Gasteiger partial charge < -0.3 is 5.73 Å². The SMILES string of the molecule is Cn1nc(C(F)F)c(C(N)=O)c1-c1cccc2c1=C1C=CC=2C1. The van der Waals surface area contributed by atoms with Crippen molar-refractivity contribution in [3.8, 4) is 11.3 Å². The van der Waals surface area contributed by atoms with E-state index in [9.17, 15) is 13.6 Å². The molecule has 116 valence electrons. The van der Waals surface area contributed by atoms with Crippen LogP contribution in [0.15, 0.2) is 30.4 Å². The largest absolute Gasteiger partial charge is 0.365 e. The minimum absolute atomic E-state index is 0.201. The highest BCUT2D eigenvalue weighted by molar-refractivity contribution is 6.01. The maximum Gasteiger partial charge on any atom is 0.282 e. The van der Waals surface area contributed by atoms with Gasteiger partial charge in [-0.05, 0) is 28.0 Å². The number of nitrogens with zero attached hydrogens (tertiary/aromatic N) is 2. The average Bonchev–Trinajstić information content (AvgIpc) is 3.19. The first-order valence-electron chi connectivity index (χ1n) is 7.17. The van der Waals surface area contributed by atoms with Gasteiger partial charge in [0.15, 0.2) is 0 Å². The lowest BCUT2D eigenvalue weighted by Gasteiger charge is -2.08. The van der Waals surface area contributed by atoms with E-state index >= 15 is 0 Å². The monoisotopic (exact) mass is 313 g/mol. The molecule has 0 atom stereocenters. The van der Waals surface area contributed by atoms with Crippen LogP contribution in [0.5, 0.6) is 0 Å². The maximum atomic E-state index is 13.2. The van der Waals surface area contributed by atoms with Crippen LogP contribution in [0.25, 0.3) is 22.4 Å². The van der Waals surface area contributed by atoms with Gasteiger partial charge in [0, 0.05) is 12.6 Å². The van der Waals surface area contributed by atoms with E-state index in [2.05, 4.69) is 11.2 Å². The van der Waals surface area contributed by atoms with Crippen LogP contribution in [0.4, 0.5) is 8.78 Å². The summed E-state index contributed by atoms with van der Waals surface area (Å²) in [6.07, 6.45) is 2.06. The molecule has 0 saturated heterocycles. The van der Waals surface area contributed by atoms with E-state index in [1.165, 1.54) is 10.3 Å². The number of aryl methyl sites for hydroxylation is 1. The Balaban J connectivity index is 2.11. The smallest absolute Gasteiger partial charge is 0.282 e. The number of primary amides is 1. The molecule has 1 amide bonds. The number of carbonyl (C=O) groups is 1. The van der Waals surface area contributed by atoms with Crippen LogP contribution in [0, 0.1) is 0 Å². The van der Waals surface area contributed by atoms with E-state index in [1.54, 1.807) is 7.05 Å². The summed E-state index contributed by atoms with van der Waals surface area (Å²) in [4.78, 5) is 11.8. The fraction of sp³-hybridized carbons (Fsp3) is 0.176. The number of carbonyl (C=O) groups excluding carboxylic acids is 1. The third-order valence-corrected chi connectivity index (χ3v) is 4.38. The highest BCUT2D eigenvalue weighted by Crippen LogP contribution is 2.31. The van der Waals surface area contributed by atoms with Gasteiger partial charge in [-0.3, -0.25) is 9.48 Å². The van der Waals surface area contributed by atoms with Crippen molar-refractivity contribution in [2.75, 3.05) is 0 Å². The van der Waals surface area contributed by atoms with Crippen molar-refractivity contribution in [2.24, 2.45) is 12.8 Å². The first-order valence-corrected chi connectivity index (χ1v) is 7.17. The van der Waals surface area contributed by atoms with E-state index in [0.717, 1.165) is 22.4 Å². The van der Waals surface area contributed by atoms with Crippen LogP contribution in [-0.2, 0) is 7.05 Å². The Morgan fingerprint density at radius 1 is 1.30 bits per heavy atom. The van der Waals surface area contributed by atoms with Crippen molar-refractivity contribution in [3.63, 3.8) is 0 Å². The zero-order valence-electron chi connectivity index (χ0n) is 12.3. The molecule has 0 aliphatic heterocycles. The predicted molar refractivity (Wildman–Crippen MR) is 81.9 cm³/mol. The zero-order valence-corrected chi connectivity index (χ0v) is 12.3. The van der Waals surface area contributed by atoms with E-state index in [-0.39, 0.29) is 5.56 Å². The number of alkyl halides is 2.